The minimum Gasteiger partial charge on any atom is -0.258 e. The molecule has 0 spiro atoms. The van der Waals surface area contributed by atoms with Crippen LogP contribution >= 0.6 is 0 Å². The average Bonchev–Trinajstić information content (AvgIpc) is 2.52. The lowest BCUT2D eigenvalue weighted by Crippen LogP contribution is -2.15. The molecular weight excluding hydrogens is 284 g/mol. The lowest BCUT2D eigenvalue weighted by Gasteiger charge is -2.18. The smallest absolute Gasteiger partial charge is 0.258 e. The lowest BCUT2D eigenvalue weighted by molar-refractivity contribution is -0.480. The van der Waals surface area contributed by atoms with E-state index in [0.29, 0.717) is 0 Å². The highest BCUT2D eigenvalue weighted by Gasteiger charge is 2.31. The summed E-state index contributed by atoms with van der Waals surface area (Å²) >= 11 is 0. The summed E-state index contributed by atoms with van der Waals surface area (Å²) in [5, 5.41) is 22.7. The van der Waals surface area contributed by atoms with Gasteiger partial charge in [0.1, 0.15) is 0 Å². The molecule has 0 amide bonds. The fourth-order valence-corrected chi connectivity index (χ4v) is 3.53. The molecule has 0 N–H and O–H groups in total. The Labute approximate surface area is 130 Å². The molecule has 2 saturated carbocycles. The van der Waals surface area contributed by atoms with E-state index in [1.165, 1.54) is 12.2 Å². The van der Waals surface area contributed by atoms with E-state index in [1.807, 2.05) is 0 Å². The lowest BCUT2D eigenvalue weighted by atomic mass is 9.87. The Morgan fingerprint density at radius 2 is 1.00 bits per heavy atom. The predicted molar refractivity (Wildman–Crippen MR) is 83.3 cm³/mol. The van der Waals surface area contributed by atoms with Gasteiger partial charge in [0.15, 0.2) is 0 Å². The molecule has 6 nitrogen and oxygen atoms in total. The van der Waals surface area contributed by atoms with Gasteiger partial charge >= 0.3 is 11.4 Å². The summed E-state index contributed by atoms with van der Waals surface area (Å²) in [5.41, 5.74) is -0.607. The summed E-state index contributed by atoms with van der Waals surface area (Å²) in [6.45, 7) is 0. The Kier molecular flexibility index (Phi) is 6.10. The maximum atomic E-state index is 11.4. The highest BCUT2D eigenvalue weighted by Crippen LogP contribution is 2.30. The van der Waals surface area contributed by atoms with Gasteiger partial charge in [-0.25, -0.2) is 0 Å². The molecule has 0 radical (unpaired) electrons. The third-order valence-electron chi connectivity index (χ3n) is 4.74. The average molecular weight is 308 g/mol. The maximum absolute atomic E-state index is 11.4. The molecule has 2 aliphatic carbocycles. The first kappa shape index (κ1) is 16.6. The van der Waals surface area contributed by atoms with Crippen molar-refractivity contribution < 1.29 is 9.85 Å². The quantitative estimate of drug-likeness (QED) is 0.426. The van der Waals surface area contributed by atoms with E-state index in [0.717, 1.165) is 64.2 Å². The monoisotopic (exact) mass is 308 g/mol. The van der Waals surface area contributed by atoms with Crippen LogP contribution in [-0.4, -0.2) is 9.85 Å². The van der Waals surface area contributed by atoms with E-state index in [9.17, 15) is 20.2 Å². The van der Waals surface area contributed by atoms with E-state index in [-0.39, 0.29) is 23.2 Å². The molecule has 0 aromatic rings. The minimum atomic E-state index is -0.577. The molecule has 6 heteroatoms. The van der Waals surface area contributed by atoms with Gasteiger partial charge in [0.05, 0.1) is 9.85 Å². The number of hydrogen-bond acceptors (Lipinski definition) is 4. The Morgan fingerprint density at radius 3 is 1.27 bits per heavy atom. The molecule has 0 saturated heterocycles. The van der Waals surface area contributed by atoms with Crippen LogP contribution in [0.5, 0.6) is 0 Å². The normalized spacial score (nSPS) is 22.5. The number of nitro groups is 2. The van der Waals surface area contributed by atoms with Crippen molar-refractivity contribution in [2.45, 2.75) is 64.2 Å². The summed E-state index contributed by atoms with van der Waals surface area (Å²) in [4.78, 5) is 21.6. The van der Waals surface area contributed by atoms with Crippen molar-refractivity contribution in [1.29, 1.82) is 0 Å². The van der Waals surface area contributed by atoms with Crippen molar-refractivity contribution >= 4 is 0 Å². The zero-order valence-corrected chi connectivity index (χ0v) is 12.9. The predicted octanol–water partition coefficient (Wildman–Crippen LogP) is 4.47. The first-order chi connectivity index (χ1) is 10.6. The van der Waals surface area contributed by atoms with Gasteiger partial charge in [-0.2, -0.15) is 0 Å². The summed E-state index contributed by atoms with van der Waals surface area (Å²) in [6.07, 6.45) is 13.1. The molecule has 2 aliphatic rings. The molecule has 122 valence electrons. The van der Waals surface area contributed by atoms with Crippen molar-refractivity contribution in [3.05, 3.63) is 43.8 Å². The standard InChI is InChI=1S/C16H24N2O4/c19-17(20)15(11-13-7-3-1-4-8-13)16(18(21)22)12-14-9-5-2-6-10-14/h11-14H,1-10H2/b15-11-,16-12-. The fourth-order valence-electron chi connectivity index (χ4n) is 3.53. The third-order valence-corrected chi connectivity index (χ3v) is 4.74. The molecule has 0 aromatic carbocycles. The Morgan fingerprint density at radius 1 is 0.682 bits per heavy atom. The molecule has 2 rings (SSSR count). The van der Waals surface area contributed by atoms with Crippen LogP contribution < -0.4 is 0 Å². The first-order valence-electron chi connectivity index (χ1n) is 8.30. The van der Waals surface area contributed by atoms with Gasteiger partial charge in [0.2, 0.25) is 0 Å². The highest BCUT2D eigenvalue weighted by molar-refractivity contribution is 5.20. The SMILES string of the molecule is O=[N+]([O-])C(=C\C1CCCCC1)/C(=C/C1CCCCC1)[N+](=O)[O-]. The maximum Gasteiger partial charge on any atom is 0.342 e. The molecule has 22 heavy (non-hydrogen) atoms. The van der Waals surface area contributed by atoms with E-state index in [1.54, 1.807) is 0 Å². The van der Waals surface area contributed by atoms with Crippen LogP contribution in [0.4, 0.5) is 0 Å². The Bertz CT molecular complexity index is 429. The van der Waals surface area contributed by atoms with Crippen LogP contribution in [0, 0.1) is 32.1 Å². The zero-order chi connectivity index (χ0) is 15.9. The van der Waals surface area contributed by atoms with E-state index in [4.69, 9.17) is 0 Å². The van der Waals surface area contributed by atoms with Gasteiger partial charge in [-0.05, 0) is 37.5 Å². The molecular formula is C16H24N2O4. The largest absolute Gasteiger partial charge is 0.342 e. The first-order valence-corrected chi connectivity index (χ1v) is 8.30. The van der Waals surface area contributed by atoms with Gasteiger partial charge < -0.3 is 0 Å². The Balaban J connectivity index is 2.24. The molecule has 2 fully saturated rings. The van der Waals surface area contributed by atoms with Gasteiger partial charge in [0, 0.05) is 12.2 Å². The molecule has 0 bridgehead atoms. The summed E-state index contributed by atoms with van der Waals surface area (Å²) in [7, 11) is 0. The van der Waals surface area contributed by atoms with Crippen LogP contribution in [0.2, 0.25) is 0 Å². The van der Waals surface area contributed by atoms with E-state index < -0.39 is 9.85 Å². The van der Waals surface area contributed by atoms with E-state index >= 15 is 0 Å². The Hall–Kier alpha value is -1.72. The van der Waals surface area contributed by atoms with Gasteiger partial charge in [-0.15, -0.1) is 0 Å². The van der Waals surface area contributed by atoms with Crippen LogP contribution in [0.15, 0.2) is 23.5 Å². The molecule has 0 atom stereocenters. The number of hydrogen-bond donors (Lipinski definition) is 0. The second kappa shape index (κ2) is 8.06. The van der Waals surface area contributed by atoms with Gasteiger partial charge in [-0.1, -0.05) is 38.5 Å². The topological polar surface area (TPSA) is 86.3 Å². The second-order valence-corrected chi connectivity index (χ2v) is 6.41. The molecule has 0 heterocycles. The summed E-state index contributed by atoms with van der Waals surface area (Å²) in [6, 6.07) is 0. The highest BCUT2D eigenvalue weighted by atomic mass is 16.6. The fraction of sp³-hybridized carbons (Fsp3) is 0.750. The van der Waals surface area contributed by atoms with E-state index in [2.05, 4.69) is 0 Å². The molecule has 0 aromatic heterocycles. The second-order valence-electron chi connectivity index (χ2n) is 6.41. The van der Waals surface area contributed by atoms with Crippen molar-refractivity contribution in [1.82, 2.24) is 0 Å². The van der Waals surface area contributed by atoms with Crippen LogP contribution in [0.1, 0.15) is 64.2 Å². The van der Waals surface area contributed by atoms with Crippen molar-refractivity contribution in [3.63, 3.8) is 0 Å². The van der Waals surface area contributed by atoms with Crippen LogP contribution in [-0.2, 0) is 0 Å². The van der Waals surface area contributed by atoms with Crippen molar-refractivity contribution in [3.8, 4) is 0 Å². The summed E-state index contributed by atoms with van der Waals surface area (Å²) in [5.74, 6) is 0.202. The molecule has 0 aliphatic heterocycles. The third kappa shape index (κ3) is 4.64. The number of allylic oxidation sites excluding steroid dienone is 2. The van der Waals surface area contributed by atoms with Gasteiger partial charge in [0.25, 0.3) is 0 Å². The number of nitrogens with zero attached hydrogens (tertiary/aromatic N) is 2. The number of rotatable bonds is 5. The minimum absolute atomic E-state index is 0.101. The summed E-state index contributed by atoms with van der Waals surface area (Å²) < 4.78 is 0. The van der Waals surface area contributed by atoms with Crippen LogP contribution in [0.25, 0.3) is 0 Å². The van der Waals surface area contributed by atoms with Crippen molar-refractivity contribution in [2.24, 2.45) is 11.8 Å². The van der Waals surface area contributed by atoms with Gasteiger partial charge in [-0.3, -0.25) is 20.2 Å². The molecule has 0 unspecified atom stereocenters. The van der Waals surface area contributed by atoms with Crippen molar-refractivity contribution in [2.75, 3.05) is 0 Å². The zero-order valence-electron chi connectivity index (χ0n) is 12.9. The van der Waals surface area contributed by atoms with Crippen LogP contribution in [0.3, 0.4) is 0 Å².